The third-order valence-corrected chi connectivity index (χ3v) is 3.47. The first-order valence-electron chi connectivity index (χ1n) is 6.43. The quantitative estimate of drug-likeness (QED) is 0.774. The lowest BCUT2D eigenvalue weighted by Gasteiger charge is -2.12. The number of likely N-dealkylation sites (tertiary alicyclic amines) is 1. The van der Waals surface area contributed by atoms with E-state index in [0.29, 0.717) is 11.2 Å². The van der Waals surface area contributed by atoms with Gasteiger partial charge < -0.3 is 4.74 Å². The molecule has 1 fully saturated rings. The summed E-state index contributed by atoms with van der Waals surface area (Å²) >= 11 is 0. The molecule has 0 aromatic carbocycles. The number of nitrogens with zero attached hydrogens (tertiary/aromatic N) is 4. The van der Waals surface area contributed by atoms with Crippen molar-refractivity contribution in [2.75, 3.05) is 20.2 Å². The first-order chi connectivity index (χ1) is 9.29. The third kappa shape index (κ3) is 2.19. The maximum absolute atomic E-state index is 11.7. The lowest BCUT2D eigenvalue weighted by atomic mass is 10.2. The topological polar surface area (TPSA) is 59.7 Å². The SMILES string of the molecule is COC(=O)c1cccn2c(CN3CCCC3)nnc12. The molecule has 2 aromatic rings. The fourth-order valence-corrected chi connectivity index (χ4v) is 2.48. The molecule has 2 aromatic heterocycles. The largest absolute Gasteiger partial charge is 0.465 e. The van der Waals surface area contributed by atoms with Gasteiger partial charge in [0.15, 0.2) is 11.5 Å². The maximum Gasteiger partial charge on any atom is 0.341 e. The van der Waals surface area contributed by atoms with Gasteiger partial charge in [-0.05, 0) is 38.1 Å². The van der Waals surface area contributed by atoms with E-state index in [2.05, 4.69) is 15.1 Å². The second-order valence-corrected chi connectivity index (χ2v) is 4.71. The van der Waals surface area contributed by atoms with Crippen LogP contribution >= 0.6 is 0 Å². The molecule has 1 saturated heterocycles. The summed E-state index contributed by atoms with van der Waals surface area (Å²) in [5.74, 6) is 0.480. The summed E-state index contributed by atoms with van der Waals surface area (Å²) in [4.78, 5) is 14.0. The van der Waals surface area contributed by atoms with Crippen LogP contribution in [0.2, 0.25) is 0 Å². The van der Waals surface area contributed by atoms with Gasteiger partial charge in [-0.15, -0.1) is 10.2 Å². The minimum Gasteiger partial charge on any atom is -0.465 e. The van der Waals surface area contributed by atoms with E-state index in [1.807, 2.05) is 16.7 Å². The Balaban J connectivity index is 1.96. The van der Waals surface area contributed by atoms with E-state index in [0.717, 1.165) is 25.5 Å². The predicted molar refractivity (Wildman–Crippen MR) is 68.8 cm³/mol. The summed E-state index contributed by atoms with van der Waals surface area (Å²) in [6.45, 7) is 2.98. The van der Waals surface area contributed by atoms with Crippen LogP contribution in [0.25, 0.3) is 5.65 Å². The van der Waals surface area contributed by atoms with Crippen molar-refractivity contribution in [3.8, 4) is 0 Å². The van der Waals surface area contributed by atoms with Crippen LogP contribution in [0.5, 0.6) is 0 Å². The molecular weight excluding hydrogens is 244 g/mol. The van der Waals surface area contributed by atoms with Gasteiger partial charge in [-0.2, -0.15) is 0 Å². The van der Waals surface area contributed by atoms with Gasteiger partial charge in [-0.3, -0.25) is 9.30 Å². The Bertz CT molecular complexity index is 602. The Kier molecular flexibility index (Phi) is 3.16. The van der Waals surface area contributed by atoms with Crippen molar-refractivity contribution in [3.63, 3.8) is 0 Å². The molecule has 6 heteroatoms. The second kappa shape index (κ2) is 4.97. The molecule has 1 aliphatic rings. The highest BCUT2D eigenvalue weighted by Gasteiger charge is 2.18. The van der Waals surface area contributed by atoms with E-state index in [9.17, 15) is 4.79 Å². The highest BCUT2D eigenvalue weighted by molar-refractivity contribution is 5.95. The number of fused-ring (bicyclic) bond motifs is 1. The van der Waals surface area contributed by atoms with E-state index in [-0.39, 0.29) is 5.97 Å². The van der Waals surface area contributed by atoms with Crippen molar-refractivity contribution in [2.24, 2.45) is 0 Å². The van der Waals surface area contributed by atoms with Crippen molar-refractivity contribution >= 4 is 11.6 Å². The number of carbonyl (C=O) groups excluding carboxylic acids is 1. The highest BCUT2D eigenvalue weighted by atomic mass is 16.5. The van der Waals surface area contributed by atoms with Crippen LogP contribution in [0.3, 0.4) is 0 Å². The molecule has 3 heterocycles. The summed E-state index contributed by atoms with van der Waals surface area (Å²) in [6.07, 6.45) is 4.36. The average molecular weight is 260 g/mol. The fourth-order valence-electron chi connectivity index (χ4n) is 2.48. The zero-order valence-electron chi connectivity index (χ0n) is 10.9. The van der Waals surface area contributed by atoms with Crippen LogP contribution in [0, 0.1) is 0 Å². The molecule has 100 valence electrons. The Labute approximate surface area is 111 Å². The fraction of sp³-hybridized carbons (Fsp3) is 0.462. The summed E-state index contributed by atoms with van der Waals surface area (Å²) in [5, 5.41) is 8.31. The number of rotatable bonds is 3. The van der Waals surface area contributed by atoms with E-state index < -0.39 is 0 Å². The minimum atomic E-state index is -0.384. The first-order valence-corrected chi connectivity index (χ1v) is 6.43. The van der Waals surface area contributed by atoms with Crippen LogP contribution in [-0.2, 0) is 11.3 Å². The van der Waals surface area contributed by atoms with Gasteiger partial charge in [0.05, 0.1) is 13.7 Å². The molecule has 0 unspecified atom stereocenters. The van der Waals surface area contributed by atoms with E-state index >= 15 is 0 Å². The lowest BCUT2D eigenvalue weighted by molar-refractivity contribution is 0.0602. The molecule has 0 saturated carbocycles. The van der Waals surface area contributed by atoms with Crippen LogP contribution in [0.1, 0.15) is 29.0 Å². The Morgan fingerprint density at radius 3 is 2.89 bits per heavy atom. The van der Waals surface area contributed by atoms with Crippen LogP contribution in [-0.4, -0.2) is 45.7 Å². The third-order valence-electron chi connectivity index (χ3n) is 3.47. The smallest absolute Gasteiger partial charge is 0.341 e. The predicted octanol–water partition coefficient (Wildman–Crippen LogP) is 1.11. The number of aromatic nitrogens is 3. The summed E-state index contributed by atoms with van der Waals surface area (Å²) < 4.78 is 6.62. The molecule has 6 nitrogen and oxygen atoms in total. The molecule has 0 amide bonds. The van der Waals surface area contributed by atoms with Crippen molar-refractivity contribution in [3.05, 3.63) is 29.7 Å². The molecule has 19 heavy (non-hydrogen) atoms. The molecule has 0 N–H and O–H groups in total. The highest BCUT2D eigenvalue weighted by Crippen LogP contribution is 2.15. The summed E-state index contributed by atoms with van der Waals surface area (Å²) in [5.41, 5.74) is 1.01. The normalized spacial score (nSPS) is 16.1. The zero-order chi connectivity index (χ0) is 13.2. The van der Waals surface area contributed by atoms with Gasteiger partial charge in [0.2, 0.25) is 0 Å². The Morgan fingerprint density at radius 2 is 2.16 bits per heavy atom. The van der Waals surface area contributed by atoms with Gasteiger partial charge in [0, 0.05) is 6.20 Å². The molecule has 0 radical (unpaired) electrons. The van der Waals surface area contributed by atoms with Crippen LogP contribution in [0.15, 0.2) is 18.3 Å². The Hall–Kier alpha value is -1.95. The standard InChI is InChI=1S/C13H16N4O2/c1-19-13(18)10-5-4-8-17-11(14-15-12(10)17)9-16-6-2-3-7-16/h4-5,8H,2-3,6-7,9H2,1H3. The number of hydrogen-bond donors (Lipinski definition) is 0. The van der Waals surface area contributed by atoms with Gasteiger partial charge in [0.25, 0.3) is 0 Å². The molecule has 0 atom stereocenters. The Morgan fingerprint density at radius 1 is 1.37 bits per heavy atom. The van der Waals surface area contributed by atoms with Gasteiger partial charge >= 0.3 is 5.97 Å². The van der Waals surface area contributed by atoms with E-state index in [1.165, 1.54) is 20.0 Å². The molecule has 1 aliphatic heterocycles. The summed E-state index contributed by atoms with van der Waals surface area (Å²) in [7, 11) is 1.37. The number of ether oxygens (including phenoxy) is 1. The number of pyridine rings is 1. The summed E-state index contributed by atoms with van der Waals surface area (Å²) in [6, 6.07) is 3.52. The van der Waals surface area contributed by atoms with Gasteiger partial charge in [-0.25, -0.2) is 4.79 Å². The zero-order valence-corrected chi connectivity index (χ0v) is 10.9. The first kappa shape index (κ1) is 12.1. The second-order valence-electron chi connectivity index (χ2n) is 4.71. The minimum absolute atomic E-state index is 0.384. The van der Waals surface area contributed by atoms with Crippen LogP contribution in [0.4, 0.5) is 0 Å². The number of hydrogen-bond acceptors (Lipinski definition) is 5. The van der Waals surface area contributed by atoms with E-state index in [4.69, 9.17) is 4.74 Å². The van der Waals surface area contributed by atoms with Crippen LogP contribution < -0.4 is 0 Å². The van der Waals surface area contributed by atoms with Gasteiger partial charge in [-0.1, -0.05) is 0 Å². The molecule has 0 aliphatic carbocycles. The maximum atomic E-state index is 11.7. The van der Waals surface area contributed by atoms with Crippen molar-refractivity contribution < 1.29 is 9.53 Å². The molecular formula is C13H16N4O2. The van der Waals surface area contributed by atoms with Crippen molar-refractivity contribution in [1.82, 2.24) is 19.5 Å². The lowest BCUT2D eigenvalue weighted by Crippen LogP contribution is -2.20. The molecule has 3 rings (SSSR count). The monoisotopic (exact) mass is 260 g/mol. The number of esters is 1. The number of carbonyl (C=O) groups is 1. The van der Waals surface area contributed by atoms with Crippen molar-refractivity contribution in [1.29, 1.82) is 0 Å². The van der Waals surface area contributed by atoms with Gasteiger partial charge in [0.1, 0.15) is 5.56 Å². The van der Waals surface area contributed by atoms with Crippen molar-refractivity contribution in [2.45, 2.75) is 19.4 Å². The molecule has 0 spiro atoms. The number of methoxy groups -OCH3 is 1. The van der Waals surface area contributed by atoms with E-state index in [1.54, 1.807) is 6.07 Å². The average Bonchev–Trinajstić information content (AvgIpc) is 3.08. The molecule has 0 bridgehead atoms.